The molecule has 0 aliphatic rings. The van der Waals surface area contributed by atoms with Gasteiger partial charge in [0.05, 0.1) is 17.6 Å². The minimum Gasteiger partial charge on any atom is -0.396 e. The molecule has 1 heterocycles. The Morgan fingerprint density at radius 3 is 3.00 bits per heavy atom. The van der Waals surface area contributed by atoms with Crippen molar-refractivity contribution in [2.24, 2.45) is 0 Å². The van der Waals surface area contributed by atoms with Crippen molar-refractivity contribution in [1.82, 2.24) is 15.0 Å². The van der Waals surface area contributed by atoms with Crippen LogP contribution in [0.25, 0.3) is 5.69 Å². The summed E-state index contributed by atoms with van der Waals surface area (Å²) < 4.78 is 2.87. The highest BCUT2D eigenvalue weighted by atomic mass is 127. The van der Waals surface area contributed by atoms with E-state index in [2.05, 4.69) is 32.9 Å². The maximum Gasteiger partial charge on any atom is 0.0854 e. The first-order valence-corrected chi connectivity index (χ1v) is 5.65. The Labute approximate surface area is 101 Å². The molecule has 2 rings (SSSR count). The molecule has 5 heteroatoms. The smallest absolute Gasteiger partial charge is 0.0854 e. The zero-order valence-corrected chi connectivity index (χ0v) is 10.1. The second-order valence-electron chi connectivity index (χ2n) is 3.11. The zero-order chi connectivity index (χ0) is 10.7. The molecule has 78 valence electrons. The van der Waals surface area contributed by atoms with Crippen molar-refractivity contribution in [3.05, 3.63) is 39.7 Å². The summed E-state index contributed by atoms with van der Waals surface area (Å²) in [5.74, 6) is 0. The SMILES string of the molecule is OCCc1cn(-c2cccc(I)c2)nn1. The third kappa shape index (κ3) is 2.54. The van der Waals surface area contributed by atoms with Crippen LogP contribution in [-0.4, -0.2) is 26.7 Å². The number of hydrogen-bond acceptors (Lipinski definition) is 3. The van der Waals surface area contributed by atoms with E-state index in [1.807, 2.05) is 30.5 Å². The van der Waals surface area contributed by atoms with Crippen LogP contribution in [-0.2, 0) is 6.42 Å². The Bertz CT molecular complexity index is 455. The third-order valence-corrected chi connectivity index (χ3v) is 2.65. The molecule has 0 aliphatic carbocycles. The molecular weight excluding hydrogens is 305 g/mol. The highest BCUT2D eigenvalue weighted by Gasteiger charge is 2.02. The second-order valence-corrected chi connectivity index (χ2v) is 4.35. The van der Waals surface area contributed by atoms with Gasteiger partial charge >= 0.3 is 0 Å². The van der Waals surface area contributed by atoms with Gasteiger partial charge in [-0.15, -0.1) is 5.10 Å². The fourth-order valence-corrected chi connectivity index (χ4v) is 1.80. The molecule has 1 aromatic carbocycles. The first-order chi connectivity index (χ1) is 7.29. The van der Waals surface area contributed by atoms with Crippen LogP contribution in [0.15, 0.2) is 30.5 Å². The number of hydrogen-bond donors (Lipinski definition) is 1. The largest absolute Gasteiger partial charge is 0.396 e. The van der Waals surface area contributed by atoms with Gasteiger partial charge in [0.2, 0.25) is 0 Å². The first-order valence-electron chi connectivity index (χ1n) is 4.57. The monoisotopic (exact) mass is 315 g/mol. The van der Waals surface area contributed by atoms with Crippen molar-refractivity contribution >= 4 is 22.6 Å². The molecule has 0 saturated carbocycles. The minimum atomic E-state index is 0.102. The highest BCUT2D eigenvalue weighted by Crippen LogP contribution is 2.11. The van der Waals surface area contributed by atoms with Gasteiger partial charge in [-0.25, -0.2) is 4.68 Å². The Morgan fingerprint density at radius 2 is 2.27 bits per heavy atom. The maximum atomic E-state index is 8.77. The van der Waals surface area contributed by atoms with Crippen LogP contribution in [0.5, 0.6) is 0 Å². The lowest BCUT2D eigenvalue weighted by atomic mass is 10.3. The molecule has 0 unspecified atom stereocenters. The van der Waals surface area contributed by atoms with Crippen molar-refractivity contribution in [2.45, 2.75) is 6.42 Å². The van der Waals surface area contributed by atoms with Crippen LogP contribution >= 0.6 is 22.6 Å². The summed E-state index contributed by atoms with van der Waals surface area (Å²) in [6.07, 6.45) is 2.38. The zero-order valence-electron chi connectivity index (χ0n) is 7.97. The predicted molar refractivity (Wildman–Crippen MR) is 64.9 cm³/mol. The van der Waals surface area contributed by atoms with Crippen molar-refractivity contribution in [3.63, 3.8) is 0 Å². The molecule has 0 fully saturated rings. The van der Waals surface area contributed by atoms with Crippen LogP contribution in [0.1, 0.15) is 5.69 Å². The number of halogens is 1. The molecule has 2 aromatic rings. The number of aliphatic hydroxyl groups excluding tert-OH is 1. The molecule has 0 radical (unpaired) electrons. The number of aliphatic hydroxyl groups is 1. The average molecular weight is 315 g/mol. The van der Waals surface area contributed by atoms with Gasteiger partial charge in [-0.1, -0.05) is 11.3 Å². The minimum absolute atomic E-state index is 0.102. The third-order valence-electron chi connectivity index (χ3n) is 1.98. The van der Waals surface area contributed by atoms with Gasteiger partial charge in [-0.3, -0.25) is 0 Å². The summed E-state index contributed by atoms with van der Waals surface area (Å²) >= 11 is 2.25. The van der Waals surface area contributed by atoms with Crippen LogP contribution in [0, 0.1) is 3.57 Å². The first kappa shape index (κ1) is 10.6. The quantitative estimate of drug-likeness (QED) is 0.871. The Kier molecular flexibility index (Phi) is 3.32. The summed E-state index contributed by atoms with van der Waals surface area (Å²) in [5, 5.41) is 16.7. The fourth-order valence-electron chi connectivity index (χ4n) is 1.27. The number of aromatic nitrogens is 3. The fraction of sp³-hybridized carbons (Fsp3) is 0.200. The van der Waals surface area contributed by atoms with E-state index in [9.17, 15) is 0 Å². The molecule has 0 atom stereocenters. The number of benzene rings is 1. The van der Waals surface area contributed by atoms with E-state index < -0.39 is 0 Å². The molecule has 1 N–H and O–H groups in total. The van der Waals surface area contributed by atoms with Gasteiger partial charge in [0.25, 0.3) is 0 Å². The van der Waals surface area contributed by atoms with Crippen LogP contribution in [0.3, 0.4) is 0 Å². The Morgan fingerprint density at radius 1 is 1.40 bits per heavy atom. The molecule has 0 amide bonds. The molecule has 1 aromatic heterocycles. The van der Waals surface area contributed by atoms with E-state index in [0.29, 0.717) is 6.42 Å². The Hall–Kier alpha value is -0.950. The van der Waals surface area contributed by atoms with Gasteiger partial charge in [0, 0.05) is 16.6 Å². The topological polar surface area (TPSA) is 50.9 Å². The van der Waals surface area contributed by atoms with E-state index in [1.54, 1.807) is 4.68 Å². The van der Waals surface area contributed by atoms with E-state index in [4.69, 9.17) is 5.11 Å². The lowest BCUT2D eigenvalue weighted by molar-refractivity contribution is 0.298. The highest BCUT2D eigenvalue weighted by molar-refractivity contribution is 14.1. The van der Waals surface area contributed by atoms with E-state index in [1.165, 1.54) is 0 Å². The van der Waals surface area contributed by atoms with Crippen molar-refractivity contribution in [2.75, 3.05) is 6.61 Å². The van der Waals surface area contributed by atoms with Crippen LogP contribution < -0.4 is 0 Å². The lowest BCUT2D eigenvalue weighted by Gasteiger charge is -1.99. The van der Waals surface area contributed by atoms with Gasteiger partial charge in [0.1, 0.15) is 0 Å². The summed E-state index contributed by atoms with van der Waals surface area (Å²) in [6, 6.07) is 8.00. The Balaban J connectivity index is 2.29. The summed E-state index contributed by atoms with van der Waals surface area (Å²) in [5.41, 5.74) is 1.79. The van der Waals surface area contributed by atoms with E-state index in [-0.39, 0.29) is 6.61 Å². The molecule has 15 heavy (non-hydrogen) atoms. The van der Waals surface area contributed by atoms with E-state index >= 15 is 0 Å². The maximum absolute atomic E-state index is 8.77. The molecule has 0 spiro atoms. The molecule has 0 saturated heterocycles. The summed E-state index contributed by atoms with van der Waals surface area (Å²) in [4.78, 5) is 0. The lowest BCUT2D eigenvalue weighted by Crippen LogP contribution is -1.94. The van der Waals surface area contributed by atoms with Gasteiger partial charge in [-0.2, -0.15) is 0 Å². The summed E-state index contributed by atoms with van der Waals surface area (Å²) in [7, 11) is 0. The van der Waals surface area contributed by atoms with E-state index in [0.717, 1.165) is 15.0 Å². The number of nitrogens with zero attached hydrogens (tertiary/aromatic N) is 3. The standard InChI is InChI=1S/C10H10IN3O/c11-8-2-1-3-10(6-8)14-7-9(4-5-15)12-13-14/h1-3,6-7,15H,4-5H2. The van der Waals surface area contributed by atoms with Gasteiger partial charge in [0.15, 0.2) is 0 Å². The summed E-state index contributed by atoms with van der Waals surface area (Å²) in [6.45, 7) is 0.102. The molecule has 0 bridgehead atoms. The number of rotatable bonds is 3. The van der Waals surface area contributed by atoms with Crippen LogP contribution in [0.4, 0.5) is 0 Å². The van der Waals surface area contributed by atoms with Crippen molar-refractivity contribution in [1.29, 1.82) is 0 Å². The van der Waals surface area contributed by atoms with Crippen molar-refractivity contribution in [3.8, 4) is 5.69 Å². The van der Waals surface area contributed by atoms with Gasteiger partial charge < -0.3 is 5.11 Å². The second kappa shape index (κ2) is 4.71. The normalized spacial score (nSPS) is 10.5. The molecular formula is C10H10IN3O. The molecule has 4 nitrogen and oxygen atoms in total. The van der Waals surface area contributed by atoms with Gasteiger partial charge in [-0.05, 0) is 40.8 Å². The molecule has 0 aliphatic heterocycles. The van der Waals surface area contributed by atoms with Crippen molar-refractivity contribution < 1.29 is 5.11 Å². The average Bonchev–Trinajstić information content (AvgIpc) is 2.67. The predicted octanol–water partition coefficient (Wildman–Crippen LogP) is 1.41. The van der Waals surface area contributed by atoms with Crippen LogP contribution in [0.2, 0.25) is 0 Å².